The molecule has 0 aliphatic carbocycles. The highest BCUT2D eigenvalue weighted by Gasteiger charge is 1.89. The molecule has 0 saturated heterocycles. The van der Waals surface area contributed by atoms with Crippen LogP contribution in [-0.2, 0) is 9.47 Å². The van der Waals surface area contributed by atoms with Crippen LogP contribution in [0.1, 0.15) is 26.2 Å². The van der Waals surface area contributed by atoms with Gasteiger partial charge in [0.25, 0.3) is 0 Å². The van der Waals surface area contributed by atoms with Gasteiger partial charge in [0, 0.05) is 26.4 Å². The first-order chi connectivity index (χ1) is 5.91. The van der Waals surface area contributed by atoms with E-state index < -0.39 is 0 Å². The first-order valence-corrected chi connectivity index (χ1v) is 5.31. The maximum atomic E-state index is 5.33. The van der Waals surface area contributed by atoms with Gasteiger partial charge in [0.15, 0.2) is 0 Å². The summed E-state index contributed by atoms with van der Waals surface area (Å²) in [6.45, 7) is 5.46. The van der Waals surface area contributed by atoms with Crippen molar-refractivity contribution in [1.29, 1.82) is 0 Å². The molecule has 0 aromatic rings. The molecule has 0 fully saturated rings. The Labute approximate surface area is 81.0 Å². The van der Waals surface area contributed by atoms with Crippen molar-refractivity contribution in [3.8, 4) is 0 Å². The molecule has 2 nitrogen and oxygen atoms in total. The standard InChI is InChI=1S/C9H20O2S/c1-2-5-10-6-3-7-11-8-4-9-12/h12H,2-9H2,1H3. The molecule has 3 heteroatoms. The fraction of sp³-hybridized carbons (Fsp3) is 1.00. The molecule has 0 aromatic carbocycles. The van der Waals surface area contributed by atoms with Gasteiger partial charge in [-0.25, -0.2) is 0 Å². The molecule has 0 saturated carbocycles. The Kier molecular flexibility index (Phi) is 11.5. The van der Waals surface area contributed by atoms with Crippen molar-refractivity contribution in [3.63, 3.8) is 0 Å². The maximum Gasteiger partial charge on any atom is 0.0487 e. The Morgan fingerprint density at radius 1 is 0.917 bits per heavy atom. The van der Waals surface area contributed by atoms with E-state index in [4.69, 9.17) is 9.47 Å². The van der Waals surface area contributed by atoms with Crippen LogP contribution >= 0.6 is 12.6 Å². The Balaban J connectivity index is 2.73. The third kappa shape index (κ3) is 10.3. The first-order valence-electron chi connectivity index (χ1n) is 4.68. The molecule has 0 atom stereocenters. The minimum absolute atomic E-state index is 0.817. The number of thiol groups is 1. The minimum atomic E-state index is 0.817. The molecule has 12 heavy (non-hydrogen) atoms. The van der Waals surface area contributed by atoms with Gasteiger partial charge in [0.05, 0.1) is 0 Å². The molecule has 0 bridgehead atoms. The van der Waals surface area contributed by atoms with Gasteiger partial charge in [-0.05, 0) is 25.0 Å². The summed E-state index contributed by atoms with van der Waals surface area (Å²) >= 11 is 4.09. The van der Waals surface area contributed by atoms with E-state index in [0.29, 0.717) is 0 Å². The predicted molar refractivity (Wildman–Crippen MR) is 55.0 cm³/mol. The monoisotopic (exact) mass is 192 g/mol. The number of hydrogen-bond donors (Lipinski definition) is 1. The van der Waals surface area contributed by atoms with E-state index in [0.717, 1.165) is 51.4 Å². The van der Waals surface area contributed by atoms with Crippen molar-refractivity contribution in [3.05, 3.63) is 0 Å². The van der Waals surface area contributed by atoms with Crippen molar-refractivity contribution in [2.45, 2.75) is 26.2 Å². The molecule has 0 rings (SSSR count). The third-order valence-electron chi connectivity index (χ3n) is 1.37. The Morgan fingerprint density at radius 2 is 1.50 bits per heavy atom. The Hall–Kier alpha value is 0.270. The molecule has 0 aromatic heterocycles. The predicted octanol–water partition coefficient (Wildman–Crippen LogP) is 2.14. The quantitative estimate of drug-likeness (QED) is 0.446. The van der Waals surface area contributed by atoms with Crippen LogP contribution in [0.3, 0.4) is 0 Å². The fourth-order valence-electron chi connectivity index (χ4n) is 0.778. The van der Waals surface area contributed by atoms with Crippen LogP contribution in [0.4, 0.5) is 0 Å². The van der Waals surface area contributed by atoms with Crippen LogP contribution in [0.25, 0.3) is 0 Å². The van der Waals surface area contributed by atoms with E-state index in [1.54, 1.807) is 0 Å². The molecular formula is C9H20O2S. The minimum Gasteiger partial charge on any atom is -0.381 e. The summed E-state index contributed by atoms with van der Waals surface area (Å²) in [4.78, 5) is 0. The van der Waals surface area contributed by atoms with Gasteiger partial charge >= 0.3 is 0 Å². The summed E-state index contributed by atoms with van der Waals surface area (Å²) in [5, 5.41) is 0. The van der Waals surface area contributed by atoms with Crippen molar-refractivity contribution >= 4 is 12.6 Å². The van der Waals surface area contributed by atoms with Crippen LogP contribution in [0.15, 0.2) is 0 Å². The zero-order valence-electron chi connectivity index (χ0n) is 7.92. The molecule has 0 radical (unpaired) electrons. The van der Waals surface area contributed by atoms with E-state index in [-0.39, 0.29) is 0 Å². The van der Waals surface area contributed by atoms with E-state index in [1.807, 2.05) is 0 Å². The molecule has 0 N–H and O–H groups in total. The second kappa shape index (κ2) is 11.3. The Morgan fingerprint density at radius 3 is 2.08 bits per heavy atom. The third-order valence-corrected chi connectivity index (χ3v) is 1.69. The van der Waals surface area contributed by atoms with Gasteiger partial charge < -0.3 is 9.47 Å². The topological polar surface area (TPSA) is 18.5 Å². The van der Waals surface area contributed by atoms with Gasteiger partial charge in [0.1, 0.15) is 0 Å². The normalized spacial score (nSPS) is 10.5. The van der Waals surface area contributed by atoms with Crippen LogP contribution in [0.5, 0.6) is 0 Å². The molecule has 0 aliphatic rings. The zero-order chi connectivity index (χ0) is 9.07. The second-order valence-corrected chi connectivity index (χ2v) is 3.10. The number of rotatable bonds is 9. The van der Waals surface area contributed by atoms with Gasteiger partial charge in [-0.15, -0.1) is 0 Å². The average Bonchev–Trinajstić information content (AvgIpc) is 2.10. The lowest BCUT2D eigenvalue weighted by Crippen LogP contribution is -2.02. The van der Waals surface area contributed by atoms with Crippen molar-refractivity contribution < 1.29 is 9.47 Å². The molecule has 0 amide bonds. The summed E-state index contributed by atoms with van der Waals surface area (Å²) in [5.41, 5.74) is 0. The average molecular weight is 192 g/mol. The molecule has 0 heterocycles. The van der Waals surface area contributed by atoms with Crippen LogP contribution in [-0.4, -0.2) is 32.2 Å². The number of ether oxygens (including phenoxy) is 2. The SMILES string of the molecule is CCCOCCCOCCCS. The summed E-state index contributed by atoms with van der Waals surface area (Å²) in [6, 6.07) is 0. The highest BCUT2D eigenvalue weighted by atomic mass is 32.1. The second-order valence-electron chi connectivity index (χ2n) is 2.66. The van der Waals surface area contributed by atoms with Crippen LogP contribution in [0.2, 0.25) is 0 Å². The molecular weight excluding hydrogens is 172 g/mol. The summed E-state index contributed by atoms with van der Waals surface area (Å²) < 4.78 is 10.6. The van der Waals surface area contributed by atoms with Gasteiger partial charge in [-0.3, -0.25) is 0 Å². The van der Waals surface area contributed by atoms with Crippen LogP contribution in [0, 0.1) is 0 Å². The molecule has 74 valence electrons. The van der Waals surface area contributed by atoms with Gasteiger partial charge in [-0.1, -0.05) is 6.92 Å². The maximum absolute atomic E-state index is 5.33. The molecule has 0 unspecified atom stereocenters. The van der Waals surface area contributed by atoms with Gasteiger partial charge in [-0.2, -0.15) is 12.6 Å². The lowest BCUT2D eigenvalue weighted by atomic mass is 10.4. The summed E-state index contributed by atoms with van der Waals surface area (Å²) in [6.07, 6.45) is 3.14. The summed E-state index contributed by atoms with van der Waals surface area (Å²) in [5.74, 6) is 0.909. The van der Waals surface area contributed by atoms with Crippen molar-refractivity contribution in [2.24, 2.45) is 0 Å². The van der Waals surface area contributed by atoms with E-state index in [1.165, 1.54) is 0 Å². The lowest BCUT2D eigenvalue weighted by molar-refractivity contribution is 0.0836. The number of hydrogen-bond acceptors (Lipinski definition) is 3. The van der Waals surface area contributed by atoms with E-state index >= 15 is 0 Å². The highest BCUT2D eigenvalue weighted by molar-refractivity contribution is 7.80. The van der Waals surface area contributed by atoms with Crippen molar-refractivity contribution in [1.82, 2.24) is 0 Å². The first kappa shape index (κ1) is 12.3. The largest absolute Gasteiger partial charge is 0.381 e. The zero-order valence-corrected chi connectivity index (χ0v) is 8.81. The van der Waals surface area contributed by atoms with Crippen LogP contribution < -0.4 is 0 Å². The summed E-state index contributed by atoms with van der Waals surface area (Å²) in [7, 11) is 0. The van der Waals surface area contributed by atoms with E-state index in [9.17, 15) is 0 Å². The van der Waals surface area contributed by atoms with Gasteiger partial charge in [0.2, 0.25) is 0 Å². The highest BCUT2D eigenvalue weighted by Crippen LogP contribution is 1.89. The Bertz CT molecular complexity index is 68.9. The van der Waals surface area contributed by atoms with Crippen molar-refractivity contribution in [2.75, 3.05) is 32.2 Å². The lowest BCUT2D eigenvalue weighted by Gasteiger charge is -2.03. The molecule has 0 aliphatic heterocycles. The van der Waals surface area contributed by atoms with E-state index in [2.05, 4.69) is 19.6 Å². The smallest absolute Gasteiger partial charge is 0.0487 e. The fourth-order valence-corrected chi connectivity index (χ4v) is 0.907. The molecule has 0 spiro atoms.